The number of aliphatic hydroxyl groups excluding tert-OH is 1. The van der Waals surface area contributed by atoms with Crippen molar-refractivity contribution < 1.29 is 24.1 Å². The van der Waals surface area contributed by atoms with E-state index < -0.39 is 6.10 Å². The molecule has 1 fully saturated rings. The first-order valence-electron chi connectivity index (χ1n) is 13.0. The molecule has 2 aromatic heterocycles. The lowest BCUT2D eigenvalue weighted by molar-refractivity contribution is -0.0923. The fourth-order valence-electron chi connectivity index (χ4n) is 5.31. The number of halogens is 1. The molecule has 1 unspecified atom stereocenters. The Bertz CT molecular complexity index is 1530. The maximum Gasteiger partial charge on any atom is 0.257 e. The van der Waals surface area contributed by atoms with Crippen LogP contribution in [0.15, 0.2) is 54.7 Å². The molecule has 0 aliphatic carbocycles. The molecule has 2 aliphatic heterocycles. The molecule has 9 heteroatoms. The number of rotatable bonds is 8. The summed E-state index contributed by atoms with van der Waals surface area (Å²) in [6, 6.07) is 15.6. The Hall–Kier alpha value is -3.59. The molecule has 39 heavy (non-hydrogen) atoms. The van der Waals surface area contributed by atoms with Gasteiger partial charge in [-0.1, -0.05) is 41.9 Å². The lowest BCUT2D eigenvalue weighted by Crippen LogP contribution is -2.34. The van der Waals surface area contributed by atoms with Gasteiger partial charge in [-0.3, -0.25) is 4.79 Å². The summed E-state index contributed by atoms with van der Waals surface area (Å²) in [5.41, 5.74) is 4.19. The van der Waals surface area contributed by atoms with Crippen molar-refractivity contribution in [2.75, 3.05) is 26.9 Å². The summed E-state index contributed by atoms with van der Waals surface area (Å²) < 4.78 is 19.2. The second kappa shape index (κ2) is 10.5. The fraction of sp³-hybridized carbons (Fsp3) is 0.333. The number of benzene rings is 2. The van der Waals surface area contributed by atoms with Crippen LogP contribution in [0.1, 0.15) is 38.8 Å². The molecule has 2 aromatic carbocycles. The van der Waals surface area contributed by atoms with Crippen molar-refractivity contribution in [2.24, 2.45) is 5.92 Å². The van der Waals surface area contributed by atoms with Crippen LogP contribution in [0, 0.1) is 12.8 Å². The van der Waals surface area contributed by atoms with Crippen molar-refractivity contribution in [1.29, 1.82) is 0 Å². The quantitative estimate of drug-likeness (QED) is 0.337. The van der Waals surface area contributed by atoms with E-state index in [2.05, 4.69) is 9.55 Å². The summed E-state index contributed by atoms with van der Waals surface area (Å²) in [6.07, 6.45) is 1.16. The predicted molar refractivity (Wildman–Crippen MR) is 147 cm³/mol. The van der Waals surface area contributed by atoms with Gasteiger partial charge in [0.05, 0.1) is 54.6 Å². The van der Waals surface area contributed by atoms with E-state index in [-0.39, 0.29) is 23.4 Å². The maximum absolute atomic E-state index is 14.2. The minimum absolute atomic E-state index is 0.0431. The smallest absolute Gasteiger partial charge is 0.257 e. The molecule has 1 saturated heterocycles. The average Bonchev–Trinajstić information content (AvgIpc) is 3.25. The monoisotopic (exact) mass is 547 g/mol. The highest BCUT2D eigenvalue weighted by Gasteiger charge is 2.34. The van der Waals surface area contributed by atoms with Crippen LogP contribution in [-0.4, -0.2) is 52.3 Å². The molecule has 0 spiro atoms. The first-order valence-corrected chi connectivity index (χ1v) is 13.4. The van der Waals surface area contributed by atoms with Gasteiger partial charge in [-0.2, -0.15) is 0 Å². The number of aliphatic hydroxyl groups is 1. The first-order chi connectivity index (χ1) is 18.9. The molecule has 8 nitrogen and oxygen atoms in total. The van der Waals surface area contributed by atoms with Crippen LogP contribution in [-0.2, 0) is 24.4 Å². The van der Waals surface area contributed by atoms with E-state index in [1.165, 1.54) is 0 Å². The van der Waals surface area contributed by atoms with Crippen LogP contribution in [0.3, 0.4) is 0 Å². The minimum atomic E-state index is -0.806. The summed E-state index contributed by atoms with van der Waals surface area (Å²) in [5.74, 6) is 0.779. The van der Waals surface area contributed by atoms with Crippen LogP contribution in [0.2, 0.25) is 5.02 Å². The van der Waals surface area contributed by atoms with E-state index in [9.17, 15) is 9.90 Å². The highest BCUT2D eigenvalue weighted by Crippen LogP contribution is 2.40. The van der Waals surface area contributed by atoms with E-state index in [4.69, 9.17) is 25.8 Å². The highest BCUT2D eigenvalue weighted by molar-refractivity contribution is 6.36. The number of pyridine rings is 1. The van der Waals surface area contributed by atoms with Gasteiger partial charge in [-0.15, -0.1) is 0 Å². The second-order valence-corrected chi connectivity index (χ2v) is 10.5. The summed E-state index contributed by atoms with van der Waals surface area (Å²) in [5, 5.41) is 12.2. The SMILES string of the molecule is COc1cc(C)nc(OCc2ccccc2)c1CN1CCn2ccc3cc(C(O)C4COC4)c(Cl)c(c32)C1=O. The van der Waals surface area contributed by atoms with Gasteiger partial charge in [0.15, 0.2) is 0 Å². The van der Waals surface area contributed by atoms with Gasteiger partial charge in [0, 0.05) is 47.9 Å². The fourth-order valence-corrected chi connectivity index (χ4v) is 5.64. The van der Waals surface area contributed by atoms with Gasteiger partial charge in [-0.05, 0) is 24.6 Å². The Morgan fingerprint density at radius 2 is 1.97 bits per heavy atom. The molecule has 4 heterocycles. The number of methoxy groups -OCH3 is 1. The number of ether oxygens (including phenoxy) is 3. The molecule has 1 atom stereocenters. The molecule has 0 bridgehead atoms. The molecule has 6 rings (SSSR count). The molecular weight excluding hydrogens is 518 g/mol. The zero-order valence-corrected chi connectivity index (χ0v) is 22.6. The summed E-state index contributed by atoms with van der Waals surface area (Å²) in [6.45, 7) is 4.44. The number of aryl methyl sites for hydroxylation is 1. The van der Waals surface area contributed by atoms with Gasteiger partial charge in [0.2, 0.25) is 5.88 Å². The third-order valence-corrected chi connectivity index (χ3v) is 7.92. The van der Waals surface area contributed by atoms with Crippen LogP contribution >= 0.6 is 11.6 Å². The summed E-state index contributed by atoms with van der Waals surface area (Å²) in [7, 11) is 1.60. The lowest BCUT2D eigenvalue weighted by atomic mass is 9.92. The third kappa shape index (κ3) is 4.73. The van der Waals surface area contributed by atoms with Crippen LogP contribution < -0.4 is 9.47 Å². The number of carbonyl (C=O) groups is 1. The molecule has 0 radical (unpaired) electrons. The maximum atomic E-state index is 14.2. The van der Waals surface area contributed by atoms with Crippen molar-refractivity contribution in [3.05, 3.63) is 87.7 Å². The van der Waals surface area contributed by atoms with Crippen molar-refractivity contribution in [2.45, 2.75) is 32.7 Å². The molecule has 2 aliphatic rings. The predicted octanol–water partition coefficient (Wildman–Crippen LogP) is 4.92. The standard InChI is InChI=1S/C30H30ClN3O5/c1-18-12-24(37-2)23(29(32-18)39-15-19-6-4-3-5-7-19)14-34-11-10-33-9-8-20-13-22(28(35)21-16-38-17-21)26(31)25(27(20)33)30(34)36/h3-9,12-13,21,28,35H,10-11,14-17H2,1-2H3. The van der Waals surface area contributed by atoms with E-state index in [1.807, 2.05) is 61.7 Å². The summed E-state index contributed by atoms with van der Waals surface area (Å²) >= 11 is 6.91. The topological polar surface area (TPSA) is 86.1 Å². The summed E-state index contributed by atoms with van der Waals surface area (Å²) in [4.78, 5) is 20.6. The lowest BCUT2D eigenvalue weighted by Gasteiger charge is -2.31. The Morgan fingerprint density at radius 3 is 2.69 bits per heavy atom. The number of aromatic nitrogens is 2. The van der Waals surface area contributed by atoms with E-state index in [0.717, 1.165) is 22.2 Å². The average molecular weight is 548 g/mol. The van der Waals surface area contributed by atoms with Gasteiger partial charge < -0.3 is 28.8 Å². The molecule has 4 aromatic rings. The second-order valence-electron chi connectivity index (χ2n) is 10.1. The van der Waals surface area contributed by atoms with Gasteiger partial charge in [0.1, 0.15) is 12.4 Å². The Labute approximate surface area is 231 Å². The number of hydrogen-bond acceptors (Lipinski definition) is 6. The Balaban J connectivity index is 1.36. The zero-order valence-electron chi connectivity index (χ0n) is 21.9. The molecular formula is C30H30ClN3O5. The largest absolute Gasteiger partial charge is 0.496 e. The number of nitrogens with zero attached hydrogens (tertiary/aromatic N) is 3. The van der Waals surface area contributed by atoms with Gasteiger partial charge in [-0.25, -0.2) is 4.98 Å². The van der Waals surface area contributed by atoms with Crippen molar-refractivity contribution in [1.82, 2.24) is 14.5 Å². The van der Waals surface area contributed by atoms with E-state index >= 15 is 0 Å². The zero-order chi connectivity index (χ0) is 27.1. The molecule has 1 amide bonds. The number of hydrogen-bond donors (Lipinski definition) is 1. The van der Waals surface area contributed by atoms with Crippen molar-refractivity contribution >= 4 is 28.4 Å². The number of amides is 1. The first kappa shape index (κ1) is 25.7. The van der Waals surface area contributed by atoms with E-state index in [1.54, 1.807) is 12.0 Å². The molecule has 0 saturated carbocycles. The van der Waals surface area contributed by atoms with Crippen LogP contribution in [0.25, 0.3) is 10.9 Å². The van der Waals surface area contributed by atoms with Crippen LogP contribution in [0.5, 0.6) is 11.6 Å². The normalized spacial score (nSPS) is 16.2. The van der Waals surface area contributed by atoms with Crippen molar-refractivity contribution in [3.8, 4) is 11.6 Å². The Kier molecular flexibility index (Phi) is 6.93. The third-order valence-electron chi connectivity index (χ3n) is 7.52. The van der Waals surface area contributed by atoms with E-state index in [0.29, 0.717) is 61.2 Å². The van der Waals surface area contributed by atoms with Gasteiger partial charge >= 0.3 is 0 Å². The van der Waals surface area contributed by atoms with Crippen molar-refractivity contribution in [3.63, 3.8) is 0 Å². The van der Waals surface area contributed by atoms with Gasteiger partial charge in [0.25, 0.3) is 5.91 Å². The molecule has 1 N–H and O–H groups in total. The molecule has 202 valence electrons. The highest BCUT2D eigenvalue weighted by atomic mass is 35.5. The Morgan fingerprint density at radius 1 is 1.18 bits per heavy atom. The minimum Gasteiger partial charge on any atom is -0.496 e. The number of carbonyl (C=O) groups excluding carboxylic acids is 1. The van der Waals surface area contributed by atoms with Crippen LogP contribution in [0.4, 0.5) is 0 Å².